The highest BCUT2D eigenvalue weighted by molar-refractivity contribution is 5.79. The highest BCUT2D eigenvalue weighted by Crippen LogP contribution is 2.48. The van der Waals surface area contributed by atoms with Crippen LogP contribution in [0, 0.1) is 17.8 Å². The third kappa shape index (κ3) is 3.29. The maximum atomic E-state index is 12.2. The molecule has 3 unspecified atom stereocenters. The fourth-order valence-electron chi connectivity index (χ4n) is 4.15. The lowest BCUT2D eigenvalue weighted by atomic mass is 9.88. The Labute approximate surface area is 116 Å². The number of amides is 1. The van der Waals surface area contributed by atoms with Crippen LogP contribution in [0.1, 0.15) is 32.1 Å². The summed E-state index contributed by atoms with van der Waals surface area (Å²) < 4.78 is 0. The van der Waals surface area contributed by atoms with Crippen LogP contribution in [-0.2, 0) is 4.79 Å². The van der Waals surface area contributed by atoms with Crippen LogP contribution in [0.15, 0.2) is 0 Å². The molecule has 3 rings (SSSR count). The van der Waals surface area contributed by atoms with Gasteiger partial charge in [0.25, 0.3) is 0 Å². The number of carbonyl (C=O) groups excluding carboxylic acids is 1. The monoisotopic (exact) mass is 265 g/mol. The van der Waals surface area contributed by atoms with Crippen molar-refractivity contribution in [2.45, 2.75) is 32.1 Å². The second kappa shape index (κ2) is 6.23. The van der Waals surface area contributed by atoms with E-state index in [0.29, 0.717) is 17.7 Å². The number of hydrogen-bond donors (Lipinski definition) is 2. The smallest absolute Gasteiger partial charge is 0.223 e. The van der Waals surface area contributed by atoms with Gasteiger partial charge in [0.15, 0.2) is 0 Å². The number of hydrogen-bond acceptors (Lipinski definition) is 3. The van der Waals surface area contributed by atoms with E-state index in [1.54, 1.807) is 0 Å². The molecular formula is C15H27N3O. The van der Waals surface area contributed by atoms with Crippen molar-refractivity contribution in [3.8, 4) is 0 Å². The molecule has 0 spiro atoms. The summed E-state index contributed by atoms with van der Waals surface area (Å²) in [6.45, 7) is 6.50. The first-order valence-corrected chi connectivity index (χ1v) is 8.03. The molecule has 3 fully saturated rings. The van der Waals surface area contributed by atoms with Gasteiger partial charge in [-0.25, -0.2) is 0 Å². The summed E-state index contributed by atoms with van der Waals surface area (Å²) in [4.78, 5) is 14.6. The zero-order valence-electron chi connectivity index (χ0n) is 11.9. The van der Waals surface area contributed by atoms with Crippen LogP contribution >= 0.6 is 0 Å². The SMILES string of the molecule is O=C(NCCCN1CCNCC1)C1CC2CCC1C2. The van der Waals surface area contributed by atoms with Crippen molar-refractivity contribution in [2.24, 2.45) is 17.8 Å². The normalized spacial score (nSPS) is 34.6. The first-order valence-electron chi connectivity index (χ1n) is 8.03. The first-order chi connectivity index (χ1) is 9.33. The van der Waals surface area contributed by atoms with Crippen LogP contribution in [0.2, 0.25) is 0 Å². The fraction of sp³-hybridized carbons (Fsp3) is 0.933. The van der Waals surface area contributed by atoms with Crippen molar-refractivity contribution < 1.29 is 4.79 Å². The Balaban J connectivity index is 1.30. The van der Waals surface area contributed by atoms with Crippen LogP contribution in [-0.4, -0.2) is 50.1 Å². The van der Waals surface area contributed by atoms with E-state index in [1.165, 1.54) is 19.3 Å². The van der Waals surface area contributed by atoms with Crippen LogP contribution in [0.5, 0.6) is 0 Å². The summed E-state index contributed by atoms with van der Waals surface area (Å²) in [5.74, 6) is 2.25. The minimum Gasteiger partial charge on any atom is -0.356 e. The Morgan fingerprint density at radius 2 is 2.05 bits per heavy atom. The number of nitrogens with zero attached hydrogens (tertiary/aromatic N) is 1. The topological polar surface area (TPSA) is 44.4 Å². The average molecular weight is 265 g/mol. The molecule has 2 aliphatic carbocycles. The van der Waals surface area contributed by atoms with E-state index in [0.717, 1.165) is 58.0 Å². The third-order valence-electron chi connectivity index (χ3n) is 5.23. The average Bonchev–Trinajstić information content (AvgIpc) is 3.07. The highest BCUT2D eigenvalue weighted by Gasteiger charge is 2.42. The van der Waals surface area contributed by atoms with E-state index >= 15 is 0 Å². The van der Waals surface area contributed by atoms with Crippen molar-refractivity contribution in [1.82, 2.24) is 15.5 Å². The Morgan fingerprint density at radius 1 is 1.21 bits per heavy atom. The second-order valence-electron chi connectivity index (χ2n) is 6.52. The zero-order valence-corrected chi connectivity index (χ0v) is 11.9. The van der Waals surface area contributed by atoms with Gasteiger partial charge in [0.2, 0.25) is 5.91 Å². The van der Waals surface area contributed by atoms with Gasteiger partial charge < -0.3 is 15.5 Å². The third-order valence-corrected chi connectivity index (χ3v) is 5.23. The lowest BCUT2D eigenvalue weighted by molar-refractivity contribution is -0.126. The molecule has 2 bridgehead atoms. The summed E-state index contributed by atoms with van der Waals surface area (Å²) in [6.07, 6.45) is 6.24. The van der Waals surface area contributed by atoms with Crippen molar-refractivity contribution in [3.63, 3.8) is 0 Å². The van der Waals surface area contributed by atoms with Gasteiger partial charge in [-0.05, 0) is 44.1 Å². The molecule has 4 heteroatoms. The molecule has 1 amide bonds. The number of carbonyl (C=O) groups is 1. The summed E-state index contributed by atoms with van der Waals surface area (Å²) in [5.41, 5.74) is 0. The van der Waals surface area contributed by atoms with E-state index in [2.05, 4.69) is 15.5 Å². The Morgan fingerprint density at radius 3 is 2.74 bits per heavy atom. The molecule has 108 valence electrons. The number of rotatable bonds is 5. The molecule has 0 aromatic rings. The minimum absolute atomic E-state index is 0.340. The quantitative estimate of drug-likeness (QED) is 0.724. The Kier molecular flexibility index (Phi) is 4.38. The molecule has 2 N–H and O–H groups in total. The molecule has 0 radical (unpaired) electrons. The molecule has 0 aromatic heterocycles. The lowest BCUT2D eigenvalue weighted by Gasteiger charge is -2.27. The van der Waals surface area contributed by atoms with Gasteiger partial charge in [-0.1, -0.05) is 6.42 Å². The van der Waals surface area contributed by atoms with Gasteiger partial charge in [0.05, 0.1) is 0 Å². The molecule has 4 nitrogen and oxygen atoms in total. The van der Waals surface area contributed by atoms with Crippen LogP contribution in [0.3, 0.4) is 0 Å². The van der Waals surface area contributed by atoms with Crippen molar-refractivity contribution in [1.29, 1.82) is 0 Å². The first kappa shape index (κ1) is 13.4. The van der Waals surface area contributed by atoms with Crippen LogP contribution in [0.4, 0.5) is 0 Å². The molecule has 1 heterocycles. The number of fused-ring (bicyclic) bond motifs is 2. The fourth-order valence-corrected chi connectivity index (χ4v) is 4.15. The van der Waals surface area contributed by atoms with E-state index in [1.807, 2.05) is 0 Å². The molecule has 3 atom stereocenters. The maximum Gasteiger partial charge on any atom is 0.223 e. The molecule has 1 saturated heterocycles. The van der Waals surface area contributed by atoms with Gasteiger partial charge in [0.1, 0.15) is 0 Å². The van der Waals surface area contributed by atoms with E-state index in [9.17, 15) is 4.79 Å². The molecule has 2 saturated carbocycles. The van der Waals surface area contributed by atoms with Gasteiger partial charge in [-0.3, -0.25) is 4.79 Å². The maximum absolute atomic E-state index is 12.2. The molecular weight excluding hydrogens is 238 g/mol. The summed E-state index contributed by atoms with van der Waals surface area (Å²) >= 11 is 0. The zero-order chi connectivity index (χ0) is 13.1. The van der Waals surface area contributed by atoms with Crippen LogP contribution < -0.4 is 10.6 Å². The standard InChI is InChI=1S/C15H27N3O/c19-15(14-11-12-2-3-13(14)10-12)17-4-1-7-18-8-5-16-6-9-18/h12-14,16H,1-11H2,(H,17,19). The molecule has 0 aromatic carbocycles. The largest absolute Gasteiger partial charge is 0.356 e. The van der Waals surface area contributed by atoms with E-state index in [4.69, 9.17) is 0 Å². The minimum atomic E-state index is 0.340. The molecule has 3 aliphatic rings. The van der Waals surface area contributed by atoms with E-state index in [-0.39, 0.29) is 0 Å². The van der Waals surface area contributed by atoms with Crippen molar-refractivity contribution in [2.75, 3.05) is 39.3 Å². The summed E-state index contributed by atoms with van der Waals surface area (Å²) in [5, 5.41) is 6.53. The molecule has 19 heavy (non-hydrogen) atoms. The molecule has 1 aliphatic heterocycles. The van der Waals surface area contributed by atoms with Crippen molar-refractivity contribution in [3.05, 3.63) is 0 Å². The summed E-state index contributed by atoms with van der Waals surface area (Å²) in [7, 11) is 0. The lowest BCUT2D eigenvalue weighted by Crippen LogP contribution is -2.44. The predicted molar refractivity (Wildman–Crippen MR) is 75.9 cm³/mol. The number of nitrogens with one attached hydrogen (secondary N) is 2. The number of piperazine rings is 1. The van der Waals surface area contributed by atoms with Gasteiger partial charge in [-0.2, -0.15) is 0 Å². The Bertz CT molecular complexity index is 315. The Hall–Kier alpha value is -0.610. The second-order valence-corrected chi connectivity index (χ2v) is 6.52. The highest BCUT2D eigenvalue weighted by atomic mass is 16.1. The predicted octanol–water partition coefficient (Wildman–Crippen LogP) is 0.834. The summed E-state index contributed by atoms with van der Waals surface area (Å²) in [6, 6.07) is 0. The van der Waals surface area contributed by atoms with Gasteiger partial charge in [-0.15, -0.1) is 0 Å². The van der Waals surface area contributed by atoms with E-state index < -0.39 is 0 Å². The van der Waals surface area contributed by atoms with Gasteiger partial charge in [0, 0.05) is 38.6 Å². The van der Waals surface area contributed by atoms with Gasteiger partial charge >= 0.3 is 0 Å². The van der Waals surface area contributed by atoms with Crippen molar-refractivity contribution >= 4 is 5.91 Å². The van der Waals surface area contributed by atoms with Crippen LogP contribution in [0.25, 0.3) is 0 Å².